The van der Waals surface area contributed by atoms with Crippen LogP contribution in [0.5, 0.6) is 0 Å². The Kier molecular flexibility index (Phi) is 5.85. The maximum Gasteiger partial charge on any atom is 0.313 e. The van der Waals surface area contributed by atoms with Gasteiger partial charge in [0.25, 0.3) is 0 Å². The lowest BCUT2D eigenvalue weighted by Gasteiger charge is -2.12. The summed E-state index contributed by atoms with van der Waals surface area (Å²) in [6, 6.07) is 9.92. The van der Waals surface area contributed by atoms with Crippen molar-refractivity contribution >= 4 is 11.8 Å². The minimum atomic E-state index is -0.460. The first-order valence-corrected chi connectivity index (χ1v) is 5.96. The fraction of sp³-hybridized carbons (Fsp3) is 0.333. The van der Waals surface area contributed by atoms with E-state index < -0.39 is 5.97 Å². The van der Waals surface area contributed by atoms with E-state index in [2.05, 4.69) is 6.58 Å². The molecule has 0 amide bonds. The van der Waals surface area contributed by atoms with Gasteiger partial charge in [0, 0.05) is 5.92 Å². The number of rotatable bonds is 7. The molecule has 0 N–H and O–H groups in total. The molecule has 0 radical (unpaired) electrons. The Bertz CT molecular complexity index is 409. The van der Waals surface area contributed by atoms with E-state index in [9.17, 15) is 9.59 Å². The second kappa shape index (κ2) is 7.43. The highest BCUT2D eigenvalue weighted by atomic mass is 16.5. The lowest BCUT2D eigenvalue weighted by molar-refractivity contribution is -0.145. The topological polar surface area (TPSA) is 43.4 Å². The molecule has 0 saturated heterocycles. The van der Waals surface area contributed by atoms with Gasteiger partial charge < -0.3 is 4.74 Å². The first kappa shape index (κ1) is 14.2. The first-order valence-electron chi connectivity index (χ1n) is 5.96. The van der Waals surface area contributed by atoms with Crippen molar-refractivity contribution in [2.75, 3.05) is 6.61 Å². The predicted octanol–water partition coefficient (Wildman–Crippen LogP) is 2.87. The molecule has 0 aromatic heterocycles. The molecule has 0 spiro atoms. The maximum atomic E-state index is 11.2. The number of carbonyl (C=O) groups is 2. The van der Waals surface area contributed by atoms with E-state index in [0.717, 1.165) is 5.56 Å². The second-order valence-corrected chi connectivity index (χ2v) is 4.14. The zero-order valence-corrected chi connectivity index (χ0v) is 10.6. The molecule has 1 aromatic rings. The van der Waals surface area contributed by atoms with Crippen molar-refractivity contribution in [3.05, 3.63) is 48.6 Å². The third-order valence-electron chi connectivity index (χ3n) is 2.60. The summed E-state index contributed by atoms with van der Waals surface area (Å²) in [5.74, 6) is -0.474. The van der Waals surface area contributed by atoms with Crippen LogP contribution in [0.25, 0.3) is 0 Å². The summed E-state index contributed by atoms with van der Waals surface area (Å²) in [6.45, 7) is 5.47. The molecule has 1 rings (SSSR count). The van der Waals surface area contributed by atoms with Gasteiger partial charge in [-0.1, -0.05) is 36.4 Å². The standard InChI is InChI=1S/C15H18O3/c1-3-13(14-7-5-4-6-8-14)9-10-18-15(17)11-12(2)16/h3-8,13H,1,9-11H2,2H3. The molecule has 18 heavy (non-hydrogen) atoms. The largest absolute Gasteiger partial charge is 0.465 e. The molecule has 0 aliphatic heterocycles. The van der Waals surface area contributed by atoms with Crippen LogP contribution in [0, 0.1) is 0 Å². The monoisotopic (exact) mass is 246 g/mol. The molecular weight excluding hydrogens is 228 g/mol. The minimum absolute atomic E-state index is 0.149. The Labute approximate surface area is 107 Å². The van der Waals surface area contributed by atoms with E-state index in [1.54, 1.807) is 0 Å². The van der Waals surface area contributed by atoms with E-state index in [4.69, 9.17) is 4.74 Å². The first-order chi connectivity index (χ1) is 8.63. The lowest BCUT2D eigenvalue weighted by Crippen LogP contribution is -2.11. The Morgan fingerprint density at radius 3 is 2.56 bits per heavy atom. The molecule has 3 nitrogen and oxygen atoms in total. The molecule has 96 valence electrons. The Balaban J connectivity index is 2.39. The Morgan fingerprint density at radius 1 is 1.33 bits per heavy atom. The van der Waals surface area contributed by atoms with Gasteiger partial charge in [0.2, 0.25) is 0 Å². The molecule has 0 aliphatic rings. The normalized spacial score (nSPS) is 11.6. The summed E-state index contributed by atoms with van der Waals surface area (Å²) in [5, 5.41) is 0. The summed E-state index contributed by atoms with van der Waals surface area (Å²) in [7, 11) is 0. The van der Waals surface area contributed by atoms with Crippen molar-refractivity contribution in [2.24, 2.45) is 0 Å². The van der Waals surface area contributed by atoms with Gasteiger partial charge in [-0.15, -0.1) is 6.58 Å². The van der Waals surface area contributed by atoms with Crippen LogP contribution < -0.4 is 0 Å². The van der Waals surface area contributed by atoms with Crippen molar-refractivity contribution < 1.29 is 14.3 Å². The van der Waals surface area contributed by atoms with Gasteiger partial charge >= 0.3 is 5.97 Å². The highest BCUT2D eigenvalue weighted by Gasteiger charge is 2.10. The van der Waals surface area contributed by atoms with Crippen molar-refractivity contribution in [3.63, 3.8) is 0 Å². The zero-order valence-electron chi connectivity index (χ0n) is 10.6. The van der Waals surface area contributed by atoms with Crippen molar-refractivity contribution in [3.8, 4) is 0 Å². The van der Waals surface area contributed by atoms with Crippen LogP contribution in [0.1, 0.15) is 31.2 Å². The highest BCUT2D eigenvalue weighted by molar-refractivity contribution is 5.94. The van der Waals surface area contributed by atoms with Gasteiger partial charge in [0.05, 0.1) is 6.61 Å². The van der Waals surface area contributed by atoms with Crippen LogP contribution in [0.2, 0.25) is 0 Å². The average Bonchev–Trinajstić information content (AvgIpc) is 2.35. The van der Waals surface area contributed by atoms with Crippen LogP contribution in [-0.2, 0) is 14.3 Å². The number of hydrogen-bond acceptors (Lipinski definition) is 3. The van der Waals surface area contributed by atoms with Crippen molar-refractivity contribution in [2.45, 2.75) is 25.7 Å². The Morgan fingerprint density at radius 2 is 2.00 bits per heavy atom. The molecule has 0 saturated carbocycles. The summed E-state index contributed by atoms with van der Waals surface area (Å²) >= 11 is 0. The van der Waals surface area contributed by atoms with E-state index >= 15 is 0 Å². The molecule has 0 bridgehead atoms. The summed E-state index contributed by atoms with van der Waals surface area (Å²) in [4.78, 5) is 21.9. The zero-order chi connectivity index (χ0) is 13.4. The molecule has 1 aromatic carbocycles. The van der Waals surface area contributed by atoms with E-state index in [-0.39, 0.29) is 18.1 Å². The van der Waals surface area contributed by atoms with E-state index in [1.807, 2.05) is 36.4 Å². The van der Waals surface area contributed by atoms with Gasteiger partial charge in [-0.2, -0.15) is 0 Å². The predicted molar refractivity (Wildman–Crippen MR) is 70.3 cm³/mol. The molecular formula is C15H18O3. The number of ketones is 1. The molecule has 3 heteroatoms. The van der Waals surface area contributed by atoms with Gasteiger partial charge in [0.15, 0.2) is 0 Å². The maximum absolute atomic E-state index is 11.2. The molecule has 0 aliphatic carbocycles. The lowest BCUT2D eigenvalue weighted by atomic mass is 9.96. The third kappa shape index (κ3) is 4.95. The molecule has 1 atom stereocenters. The number of benzene rings is 1. The Hall–Kier alpha value is -1.90. The quantitative estimate of drug-likeness (QED) is 0.422. The van der Waals surface area contributed by atoms with Gasteiger partial charge in [0.1, 0.15) is 12.2 Å². The number of Topliss-reactive ketones (excluding diaryl/α,β-unsaturated/α-hetero) is 1. The fourth-order valence-corrected chi connectivity index (χ4v) is 1.67. The smallest absolute Gasteiger partial charge is 0.313 e. The second-order valence-electron chi connectivity index (χ2n) is 4.14. The number of carbonyl (C=O) groups excluding carboxylic acids is 2. The number of allylic oxidation sites excluding steroid dienone is 1. The van der Waals surface area contributed by atoms with Crippen LogP contribution in [0.15, 0.2) is 43.0 Å². The van der Waals surface area contributed by atoms with Crippen molar-refractivity contribution in [1.29, 1.82) is 0 Å². The van der Waals surface area contributed by atoms with Gasteiger partial charge in [-0.3, -0.25) is 9.59 Å². The summed E-state index contributed by atoms with van der Waals surface area (Å²) in [6.07, 6.45) is 2.37. The molecule has 1 unspecified atom stereocenters. The van der Waals surface area contributed by atoms with Crippen LogP contribution in [0.3, 0.4) is 0 Å². The highest BCUT2D eigenvalue weighted by Crippen LogP contribution is 2.20. The van der Waals surface area contributed by atoms with E-state index in [0.29, 0.717) is 13.0 Å². The molecule has 0 heterocycles. The summed E-state index contributed by atoms with van der Waals surface area (Å²) < 4.78 is 5.00. The van der Waals surface area contributed by atoms with Crippen LogP contribution >= 0.6 is 0 Å². The fourth-order valence-electron chi connectivity index (χ4n) is 1.67. The number of ether oxygens (including phenoxy) is 1. The summed E-state index contributed by atoms with van der Waals surface area (Å²) in [5.41, 5.74) is 1.15. The van der Waals surface area contributed by atoms with Crippen LogP contribution in [0.4, 0.5) is 0 Å². The number of hydrogen-bond donors (Lipinski definition) is 0. The van der Waals surface area contributed by atoms with Gasteiger partial charge in [-0.05, 0) is 18.9 Å². The van der Waals surface area contributed by atoms with Crippen molar-refractivity contribution in [1.82, 2.24) is 0 Å². The molecule has 0 fully saturated rings. The van der Waals surface area contributed by atoms with Gasteiger partial charge in [-0.25, -0.2) is 0 Å². The SMILES string of the molecule is C=CC(CCOC(=O)CC(C)=O)c1ccccc1. The minimum Gasteiger partial charge on any atom is -0.465 e. The van der Waals surface area contributed by atoms with E-state index in [1.165, 1.54) is 6.92 Å². The third-order valence-corrected chi connectivity index (χ3v) is 2.60. The van der Waals surface area contributed by atoms with Crippen LogP contribution in [-0.4, -0.2) is 18.4 Å². The number of esters is 1. The average molecular weight is 246 g/mol.